The standard InChI is InChI=1S/C17H24P.C9H11.2ClH.Zr/c1-13(2)11-18(12-14(3)4)17-9-15-7-5-6-8-16(15)10-17;1-2-5-9-7-3-6-8(9)4-1;;;/h5-10,13-14H,11-12H2,1-4H3;1-2,4-6,8-9H,3,7H2;2*1H;/q2*-1;;;+4/p-2. The van der Waals surface area contributed by atoms with Crippen LogP contribution in [0.3, 0.4) is 0 Å². The number of allylic oxidation sites excluding steroid dienone is 4. The van der Waals surface area contributed by atoms with Crippen LogP contribution in [0.4, 0.5) is 0 Å². The first-order chi connectivity index (χ1) is 13.0. The summed E-state index contributed by atoms with van der Waals surface area (Å²) in [6, 6.07) is 13.6. The summed E-state index contributed by atoms with van der Waals surface area (Å²) >= 11 is 0. The molecule has 0 nitrogen and oxygen atoms in total. The zero-order chi connectivity index (χ0) is 19.2. The maximum atomic E-state index is 2.42. The molecule has 4 rings (SSSR count). The van der Waals surface area contributed by atoms with E-state index in [4.69, 9.17) is 0 Å². The fourth-order valence-electron chi connectivity index (χ4n) is 4.18. The number of hydrogen-bond donors (Lipinski definition) is 0. The van der Waals surface area contributed by atoms with Gasteiger partial charge >= 0.3 is 26.2 Å². The molecule has 0 bridgehead atoms. The van der Waals surface area contributed by atoms with E-state index in [1.807, 2.05) is 0 Å². The van der Waals surface area contributed by atoms with Crippen LogP contribution in [0, 0.1) is 30.1 Å². The summed E-state index contributed by atoms with van der Waals surface area (Å²) in [5.74, 6) is 3.21. The van der Waals surface area contributed by atoms with Crippen LogP contribution in [0.5, 0.6) is 0 Å². The quantitative estimate of drug-likeness (QED) is 0.397. The topological polar surface area (TPSA) is 0 Å². The third-order valence-corrected chi connectivity index (χ3v) is 8.71. The van der Waals surface area contributed by atoms with E-state index < -0.39 is 0 Å². The molecule has 1 saturated carbocycles. The summed E-state index contributed by atoms with van der Waals surface area (Å²) in [5, 5.41) is 4.42. The average Bonchev–Trinajstić information content (AvgIpc) is 3.27. The van der Waals surface area contributed by atoms with Crippen molar-refractivity contribution in [3.63, 3.8) is 0 Å². The maximum absolute atomic E-state index is 2.42. The molecule has 2 aliphatic rings. The molecule has 0 aliphatic heterocycles. The Morgan fingerprint density at radius 3 is 2.20 bits per heavy atom. The van der Waals surface area contributed by atoms with E-state index in [0.717, 1.165) is 23.7 Å². The van der Waals surface area contributed by atoms with Crippen LogP contribution in [0.2, 0.25) is 0 Å². The molecule has 0 spiro atoms. The smallest absolute Gasteiger partial charge is 1.00 e. The van der Waals surface area contributed by atoms with Crippen LogP contribution in [-0.4, -0.2) is 12.3 Å². The van der Waals surface area contributed by atoms with E-state index in [0.29, 0.717) is 0 Å². The molecule has 2 unspecified atom stereocenters. The summed E-state index contributed by atoms with van der Waals surface area (Å²) in [7, 11) is 0.0185. The minimum Gasteiger partial charge on any atom is -1.00 e. The van der Waals surface area contributed by atoms with Crippen LogP contribution < -0.4 is 30.1 Å². The van der Waals surface area contributed by atoms with Gasteiger partial charge in [0.2, 0.25) is 0 Å². The van der Waals surface area contributed by atoms with E-state index in [9.17, 15) is 0 Å². The number of fused-ring (bicyclic) bond motifs is 2. The van der Waals surface area contributed by atoms with E-state index in [1.54, 1.807) is 5.30 Å². The van der Waals surface area contributed by atoms with Crippen molar-refractivity contribution in [2.24, 2.45) is 23.7 Å². The van der Waals surface area contributed by atoms with Gasteiger partial charge in [-0.1, -0.05) is 66.3 Å². The molecule has 162 valence electrons. The molecular weight excluding hydrogens is 505 g/mol. The van der Waals surface area contributed by atoms with Crippen molar-refractivity contribution < 1.29 is 51.0 Å². The van der Waals surface area contributed by atoms with Gasteiger partial charge < -0.3 is 31.2 Å². The van der Waals surface area contributed by atoms with Gasteiger partial charge in [-0.05, 0) is 30.1 Å². The summed E-state index contributed by atoms with van der Waals surface area (Å²) < 4.78 is 0. The first kappa shape index (κ1) is 30.2. The molecule has 0 N–H and O–H groups in total. The minimum atomic E-state index is 0. The van der Waals surface area contributed by atoms with Gasteiger partial charge in [-0.2, -0.15) is 12.5 Å². The molecule has 0 amide bonds. The predicted octanol–water partition coefficient (Wildman–Crippen LogP) is 1.33. The summed E-state index contributed by atoms with van der Waals surface area (Å²) in [4.78, 5) is 0. The Morgan fingerprint density at radius 2 is 1.60 bits per heavy atom. The molecule has 0 aromatic heterocycles. The van der Waals surface area contributed by atoms with E-state index in [-0.39, 0.29) is 58.9 Å². The van der Waals surface area contributed by atoms with Crippen LogP contribution in [0.15, 0.2) is 60.7 Å². The van der Waals surface area contributed by atoms with Crippen molar-refractivity contribution in [2.75, 3.05) is 12.3 Å². The zero-order valence-electron chi connectivity index (χ0n) is 18.7. The Balaban J connectivity index is 0.000000597. The van der Waals surface area contributed by atoms with E-state index in [2.05, 4.69) is 94.8 Å². The van der Waals surface area contributed by atoms with Gasteiger partial charge in [-0.15, -0.1) is 52.3 Å². The third-order valence-electron chi connectivity index (χ3n) is 5.37. The number of hydrogen-bond acceptors (Lipinski definition) is 0. The van der Waals surface area contributed by atoms with Gasteiger partial charge in [0.15, 0.2) is 0 Å². The SMILES string of the molecule is C1=CC2[CH-]CCC2C=C1.CC(C)CP(CC(C)C)c1cc2ccccc2[cH-]1.[Cl-].[Cl-].[Zr+4]. The maximum Gasteiger partial charge on any atom is 4.00 e. The number of halogens is 2. The Kier molecular flexibility index (Phi) is 15.2. The molecule has 1 fully saturated rings. The van der Waals surface area contributed by atoms with Crippen molar-refractivity contribution in [3.05, 3.63) is 67.1 Å². The Morgan fingerprint density at radius 1 is 0.967 bits per heavy atom. The Hall–Kier alpha value is 0.203. The van der Waals surface area contributed by atoms with Crippen molar-refractivity contribution in [1.82, 2.24) is 0 Å². The predicted molar refractivity (Wildman–Crippen MR) is 124 cm³/mol. The van der Waals surface area contributed by atoms with Gasteiger partial charge in [-0.3, -0.25) is 0 Å². The van der Waals surface area contributed by atoms with Crippen molar-refractivity contribution in [3.8, 4) is 0 Å². The molecule has 2 aromatic carbocycles. The second-order valence-corrected chi connectivity index (χ2v) is 11.2. The van der Waals surface area contributed by atoms with Gasteiger partial charge in [0.1, 0.15) is 0 Å². The first-order valence-corrected chi connectivity index (χ1v) is 12.3. The largest absolute Gasteiger partial charge is 4.00 e. The molecule has 0 radical (unpaired) electrons. The molecule has 30 heavy (non-hydrogen) atoms. The zero-order valence-corrected chi connectivity index (χ0v) is 23.6. The van der Waals surface area contributed by atoms with E-state index >= 15 is 0 Å². The van der Waals surface area contributed by atoms with Crippen molar-refractivity contribution in [2.45, 2.75) is 40.5 Å². The number of benzene rings is 1. The monoisotopic (exact) mass is 538 g/mol. The second kappa shape index (κ2) is 15.1. The molecule has 2 atom stereocenters. The summed E-state index contributed by atoms with van der Waals surface area (Å²) in [6.07, 6.45) is 16.8. The molecule has 2 aromatic rings. The molecule has 4 heteroatoms. The average molecular weight is 541 g/mol. The molecule has 2 aliphatic carbocycles. The summed E-state index contributed by atoms with van der Waals surface area (Å²) in [6.45, 7) is 9.38. The van der Waals surface area contributed by atoms with Gasteiger partial charge in [0.05, 0.1) is 0 Å². The first-order valence-electron chi connectivity index (χ1n) is 10.6. The molecule has 0 saturated heterocycles. The number of rotatable bonds is 5. The third kappa shape index (κ3) is 8.98. The fraction of sp³-hybridized carbons (Fsp3) is 0.462. The molecular formula is C26H35Cl2PZr. The molecule has 0 heterocycles. The Bertz CT molecular complexity index is 717. The van der Waals surface area contributed by atoms with Gasteiger partial charge in [-0.25, -0.2) is 0 Å². The van der Waals surface area contributed by atoms with Crippen LogP contribution in [-0.2, 0) is 26.2 Å². The normalized spacial score (nSPS) is 19.0. The van der Waals surface area contributed by atoms with Crippen molar-refractivity contribution in [1.29, 1.82) is 0 Å². The fourth-order valence-corrected chi connectivity index (χ4v) is 7.15. The van der Waals surface area contributed by atoms with Crippen LogP contribution in [0.1, 0.15) is 40.5 Å². The minimum absolute atomic E-state index is 0. The van der Waals surface area contributed by atoms with E-state index in [1.165, 1.54) is 35.9 Å². The van der Waals surface area contributed by atoms with Crippen LogP contribution >= 0.6 is 7.92 Å². The summed E-state index contributed by atoms with van der Waals surface area (Å²) in [5.41, 5.74) is 0. The van der Waals surface area contributed by atoms with Crippen molar-refractivity contribution >= 4 is 24.0 Å². The van der Waals surface area contributed by atoms with Crippen LogP contribution in [0.25, 0.3) is 10.8 Å². The Labute approximate surface area is 217 Å². The van der Waals surface area contributed by atoms with Gasteiger partial charge in [0, 0.05) is 0 Å². The second-order valence-electron chi connectivity index (χ2n) is 8.86. The van der Waals surface area contributed by atoms with Gasteiger partial charge in [0.25, 0.3) is 0 Å².